The van der Waals surface area contributed by atoms with Crippen LogP contribution in [0.4, 0.5) is 5.69 Å². The van der Waals surface area contributed by atoms with Crippen molar-refractivity contribution in [3.05, 3.63) is 24.0 Å². The summed E-state index contributed by atoms with van der Waals surface area (Å²) in [6, 6.07) is 3.08. The number of amides is 2. The van der Waals surface area contributed by atoms with E-state index in [1.165, 1.54) is 0 Å². The Labute approximate surface area is 113 Å². The average molecular weight is 261 g/mol. The first-order chi connectivity index (χ1) is 8.90. The van der Waals surface area contributed by atoms with E-state index in [0.29, 0.717) is 12.1 Å². The predicted molar refractivity (Wildman–Crippen MR) is 72.8 cm³/mol. The van der Waals surface area contributed by atoms with Gasteiger partial charge in [-0.25, -0.2) is 0 Å². The Morgan fingerprint density at radius 2 is 2.16 bits per heavy atom. The summed E-state index contributed by atoms with van der Waals surface area (Å²) < 4.78 is 0. The van der Waals surface area contributed by atoms with Gasteiger partial charge in [-0.1, -0.05) is 6.92 Å². The minimum absolute atomic E-state index is 0.0850. The molecule has 2 rings (SSSR count). The number of hydrogen-bond donors (Lipinski definition) is 1. The van der Waals surface area contributed by atoms with Crippen molar-refractivity contribution >= 4 is 17.5 Å². The highest BCUT2D eigenvalue weighted by molar-refractivity contribution is 6.10. The fraction of sp³-hybridized carbons (Fsp3) is 0.500. The van der Waals surface area contributed by atoms with Crippen molar-refractivity contribution in [2.24, 2.45) is 0 Å². The van der Waals surface area contributed by atoms with Gasteiger partial charge in [0.15, 0.2) is 0 Å². The lowest BCUT2D eigenvalue weighted by Gasteiger charge is -2.43. The van der Waals surface area contributed by atoms with Gasteiger partial charge >= 0.3 is 0 Å². The lowest BCUT2D eigenvalue weighted by atomic mass is 9.91. The first-order valence-corrected chi connectivity index (χ1v) is 6.48. The molecule has 5 heteroatoms. The second-order valence-electron chi connectivity index (χ2n) is 5.13. The van der Waals surface area contributed by atoms with Gasteiger partial charge in [-0.3, -0.25) is 19.5 Å². The summed E-state index contributed by atoms with van der Waals surface area (Å²) in [6.07, 6.45) is 2.23. The highest BCUT2D eigenvalue weighted by Crippen LogP contribution is 2.28. The largest absolute Gasteiger partial charge is 0.340 e. The monoisotopic (exact) mass is 261 g/mol. The van der Waals surface area contributed by atoms with Crippen molar-refractivity contribution in [3.8, 4) is 0 Å². The number of carbonyl (C=O) groups is 2. The minimum Gasteiger partial charge on any atom is -0.340 e. The molecule has 0 spiro atoms. The maximum Gasteiger partial charge on any atom is 0.253 e. The molecule has 2 amide bonds. The van der Waals surface area contributed by atoms with Gasteiger partial charge in [-0.15, -0.1) is 0 Å². The van der Waals surface area contributed by atoms with Crippen LogP contribution in [0.1, 0.15) is 32.9 Å². The van der Waals surface area contributed by atoms with E-state index in [9.17, 15) is 9.59 Å². The summed E-state index contributed by atoms with van der Waals surface area (Å²) in [5.41, 5.74) is 0.608. The molecule has 2 unspecified atom stereocenters. The minimum atomic E-state index is -0.841. The summed E-state index contributed by atoms with van der Waals surface area (Å²) in [5, 5.41) is 2.81. The maximum absolute atomic E-state index is 12.7. The topological polar surface area (TPSA) is 62.3 Å². The van der Waals surface area contributed by atoms with Crippen LogP contribution in [0.25, 0.3) is 0 Å². The zero-order chi connectivity index (χ0) is 14.2. The molecule has 1 aromatic heterocycles. The van der Waals surface area contributed by atoms with Crippen LogP contribution in [0.3, 0.4) is 0 Å². The van der Waals surface area contributed by atoms with Crippen LogP contribution < -0.4 is 10.2 Å². The van der Waals surface area contributed by atoms with Crippen LogP contribution in [0.15, 0.2) is 18.3 Å². The number of pyridine rings is 1. The smallest absolute Gasteiger partial charge is 0.253 e. The van der Waals surface area contributed by atoms with Crippen LogP contribution in [0.2, 0.25) is 0 Å². The fourth-order valence-corrected chi connectivity index (χ4v) is 2.28. The molecule has 0 aromatic carbocycles. The summed E-state index contributed by atoms with van der Waals surface area (Å²) in [6.45, 7) is 7.22. The SMILES string of the molecule is CCC1(C)NC(=O)C(C)N(c2cccnc2C)C1=O. The third kappa shape index (κ3) is 2.09. The number of anilines is 1. The molecular formula is C14H19N3O2. The predicted octanol–water partition coefficient (Wildman–Crippen LogP) is 1.41. The third-order valence-corrected chi connectivity index (χ3v) is 3.80. The Morgan fingerprint density at radius 3 is 2.74 bits per heavy atom. The molecule has 2 heterocycles. The number of carbonyl (C=O) groups excluding carboxylic acids is 2. The van der Waals surface area contributed by atoms with Crippen molar-refractivity contribution in [2.45, 2.75) is 45.7 Å². The second-order valence-corrected chi connectivity index (χ2v) is 5.13. The number of nitrogens with one attached hydrogen (secondary N) is 1. The fourth-order valence-electron chi connectivity index (χ4n) is 2.28. The Balaban J connectivity index is 2.50. The van der Waals surface area contributed by atoms with Crippen LogP contribution in [-0.2, 0) is 9.59 Å². The molecule has 1 fully saturated rings. The number of aryl methyl sites for hydroxylation is 1. The van der Waals surface area contributed by atoms with Crippen molar-refractivity contribution in [3.63, 3.8) is 0 Å². The van der Waals surface area contributed by atoms with Crippen molar-refractivity contribution in [1.82, 2.24) is 10.3 Å². The highest BCUT2D eigenvalue weighted by Gasteiger charge is 2.46. The molecule has 0 bridgehead atoms. The Hall–Kier alpha value is -1.91. The van der Waals surface area contributed by atoms with Crippen LogP contribution >= 0.6 is 0 Å². The molecule has 0 aliphatic carbocycles. The van der Waals surface area contributed by atoms with Crippen molar-refractivity contribution in [2.75, 3.05) is 4.90 Å². The molecule has 0 radical (unpaired) electrons. The molecule has 0 saturated carbocycles. The van der Waals surface area contributed by atoms with E-state index in [4.69, 9.17) is 0 Å². The molecule has 2 atom stereocenters. The maximum atomic E-state index is 12.7. The van der Waals surface area contributed by atoms with Crippen molar-refractivity contribution in [1.29, 1.82) is 0 Å². The van der Waals surface area contributed by atoms with Crippen LogP contribution in [-0.4, -0.2) is 28.4 Å². The van der Waals surface area contributed by atoms with Gasteiger partial charge < -0.3 is 5.32 Å². The molecule has 1 aliphatic rings. The van der Waals surface area contributed by atoms with Gasteiger partial charge in [0, 0.05) is 6.20 Å². The van der Waals surface area contributed by atoms with E-state index < -0.39 is 11.6 Å². The Kier molecular flexibility index (Phi) is 3.30. The molecule has 102 valence electrons. The molecule has 1 aliphatic heterocycles. The first kappa shape index (κ1) is 13.5. The van der Waals surface area contributed by atoms with E-state index in [0.717, 1.165) is 5.69 Å². The van der Waals surface area contributed by atoms with Crippen LogP contribution in [0, 0.1) is 6.92 Å². The lowest BCUT2D eigenvalue weighted by molar-refractivity contribution is -0.137. The zero-order valence-electron chi connectivity index (χ0n) is 11.7. The number of piperazine rings is 1. The highest BCUT2D eigenvalue weighted by atomic mass is 16.2. The van der Waals surface area contributed by atoms with E-state index in [1.54, 1.807) is 31.0 Å². The van der Waals surface area contributed by atoms with Gasteiger partial charge in [-0.05, 0) is 39.3 Å². The number of nitrogens with zero attached hydrogens (tertiary/aromatic N) is 2. The second kappa shape index (κ2) is 4.64. The van der Waals surface area contributed by atoms with E-state index in [1.807, 2.05) is 19.9 Å². The first-order valence-electron chi connectivity index (χ1n) is 6.48. The molecule has 1 saturated heterocycles. The van der Waals surface area contributed by atoms with E-state index in [2.05, 4.69) is 10.3 Å². The van der Waals surface area contributed by atoms with Gasteiger partial charge in [0.1, 0.15) is 11.6 Å². The standard InChI is InChI=1S/C14H19N3O2/c1-5-14(4)13(19)17(10(3)12(18)16-14)11-7-6-8-15-9(11)2/h6-8,10H,5H2,1-4H3,(H,16,18). The van der Waals surface area contributed by atoms with E-state index >= 15 is 0 Å². The summed E-state index contributed by atoms with van der Waals surface area (Å²) in [4.78, 5) is 30.5. The summed E-state index contributed by atoms with van der Waals surface area (Å²) >= 11 is 0. The van der Waals surface area contributed by atoms with Crippen LogP contribution in [0.5, 0.6) is 0 Å². The molecule has 1 N–H and O–H groups in total. The van der Waals surface area contributed by atoms with E-state index in [-0.39, 0.29) is 11.8 Å². The number of aromatic nitrogens is 1. The normalized spacial score (nSPS) is 27.4. The quantitative estimate of drug-likeness (QED) is 0.875. The van der Waals surface area contributed by atoms with Gasteiger partial charge in [-0.2, -0.15) is 0 Å². The van der Waals surface area contributed by atoms with Gasteiger partial charge in [0.25, 0.3) is 5.91 Å². The van der Waals surface area contributed by atoms with Crippen molar-refractivity contribution < 1.29 is 9.59 Å². The number of rotatable bonds is 2. The van der Waals surface area contributed by atoms with Gasteiger partial charge in [0.2, 0.25) is 5.91 Å². The van der Waals surface area contributed by atoms with Gasteiger partial charge in [0.05, 0.1) is 11.4 Å². The zero-order valence-corrected chi connectivity index (χ0v) is 11.7. The Bertz CT molecular complexity index is 529. The summed E-state index contributed by atoms with van der Waals surface area (Å²) in [5.74, 6) is -0.217. The number of hydrogen-bond acceptors (Lipinski definition) is 3. The molecule has 5 nitrogen and oxygen atoms in total. The summed E-state index contributed by atoms with van der Waals surface area (Å²) in [7, 11) is 0. The molecule has 1 aromatic rings. The average Bonchev–Trinajstić information content (AvgIpc) is 2.39. The molecule has 19 heavy (non-hydrogen) atoms. The Morgan fingerprint density at radius 1 is 1.47 bits per heavy atom. The third-order valence-electron chi connectivity index (χ3n) is 3.80. The lowest BCUT2D eigenvalue weighted by Crippen LogP contribution is -2.68. The molecular weight excluding hydrogens is 242 g/mol.